The van der Waals surface area contributed by atoms with Crippen molar-refractivity contribution in [3.63, 3.8) is 0 Å². The minimum Gasteiger partial charge on any atom is -0.387 e. The van der Waals surface area contributed by atoms with E-state index in [1.807, 2.05) is 0 Å². The van der Waals surface area contributed by atoms with Gasteiger partial charge in [-0.15, -0.1) is 0 Å². The molecule has 104 valence electrons. The summed E-state index contributed by atoms with van der Waals surface area (Å²) in [4.78, 5) is 20.7. The van der Waals surface area contributed by atoms with E-state index in [9.17, 15) is 20.0 Å². The Labute approximate surface area is 131 Å². The van der Waals surface area contributed by atoms with Crippen LogP contribution in [0.25, 0.3) is 0 Å². The molecule has 1 rings (SSSR count). The topological polar surface area (TPSA) is 80.4 Å². The highest BCUT2D eigenvalue weighted by Gasteiger charge is 2.39. The SMILES string of the molecule is O=C(c1ccc([N+](=O)[O-])cc1)C(Br)C(O)C(Cl)(Cl)Cl. The van der Waals surface area contributed by atoms with Gasteiger partial charge in [0.25, 0.3) is 5.69 Å². The number of nitro benzene ring substituents is 1. The highest BCUT2D eigenvalue weighted by Crippen LogP contribution is 2.35. The summed E-state index contributed by atoms with van der Waals surface area (Å²) in [7, 11) is 0. The van der Waals surface area contributed by atoms with E-state index in [2.05, 4.69) is 15.9 Å². The summed E-state index contributed by atoms with van der Waals surface area (Å²) in [5, 5.41) is 20.1. The largest absolute Gasteiger partial charge is 0.387 e. The average Bonchev–Trinajstić information content (AvgIpc) is 2.35. The number of Topliss-reactive ketones (excluding diaryl/α,β-unsaturated/α-hetero) is 1. The summed E-state index contributed by atoms with van der Waals surface area (Å²) in [6.07, 6.45) is -1.56. The number of hydrogen-bond acceptors (Lipinski definition) is 4. The normalized spacial score (nSPS) is 14.8. The Kier molecular flexibility index (Phi) is 5.58. The number of aliphatic hydroxyl groups excluding tert-OH is 1. The molecule has 0 saturated heterocycles. The van der Waals surface area contributed by atoms with Crippen LogP contribution in [0.2, 0.25) is 0 Å². The zero-order valence-corrected chi connectivity index (χ0v) is 12.9. The minimum absolute atomic E-state index is 0.149. The molecule has 1 aromatic carbocycles. The molecule has 0 fully saturated rings. The van der Waals surface area contributed by atoms with Gasteiger partial charge in [0.05, 0.1) is 4.92 Å². The molecule has 19 heavy (non-hydrogen) atoms. The van der Waals surface area contributed by atoms with Crippen molar-refractivity contribution in [2.75, 3.05) is 0 Å². The van der Waals surface area contributed by atoms with E-state index in [0.717, 1.165) is 0 Å². The molecule has 0 saturated carbocycles. The predicted octanol–water partition coefficient (Wildman–Crippen LogP) is 3.27. The van der Waals surface area contributed by atoms with Crippen LogP contribution >= 0.6 is 50.7 Å². The van der Waals surface area contributed by atoms with Crippen molar-refractivity contribution >= 4 is 62.2 Å². The number of nitro groups is 1. The molecular formula is C10H7BrCl3NO4. The average molecular weight is 391 g/mol. The van der Waals surface area contributed by atoms with Crippen LogP contribution in [0.5, 0.6) is 0 Å². The van der Waals surface area contributed by atoms with Crippen LogP contribution < -0.4 is 0 Å². The van der Waals surface area contributed by atoms with E-state index in [1.165, 1.54) is 24.3 Å². The minimum atomic E-state index is -2.02. The number of non-ortho nitro benzene ring substituents is 1. The van der Waals surface area contributed by atoms with Crippen molar-refractivity contribution in [2.45, 2.75) is 14.7 Å². The van der Waals surface area contributed by atoms with E-state index < -0.39 is 25.4 Å². The number of nitrogens with zero attached hydrogens (tertiary/aromatic N) is 1. The maximum absolute atomic E-state index is 12.0. The van der Waals surface area contributed by atoms with Gasteiger partial charge in [0.1, 0.15) is 10.9 Å². The first-order valence-electron chi connectivity index (χ1n) is 4.82. The molecule has 0 aliphatic heterocycles. The van der Waals surface area contributed by atoms with Crippen molar-refractivity contribution < 1.29 is 14.8 Å². The number of halogens is 4. The second-order valence-corrected chi connectivity index (χ2v) is 6.91. The van der Waals surface area contributed by atoms with Gasteiger partial charge in [-0.3, -0.25) is 14.9 Å². The van der Waals surface area contributed by atoms with Gasteiger partial charge in [0, 0.05) is 17.7 Å². The van der Waals surface area contributed by atoms with Crippen LogP contribution in [0.4, 0.5) is 5.69 Å². The lowest BCUT2D eigenvalue weighted by atomic mass is 10.1. The highest BCUT2D eigenvalue weighted by molar-refractivity contribution is 9.10. The molecular weight excluding hydrogens is 384 g/mol. The van der Waals surface area contributed by atoms with E-state index >= 15 is 0 Å². The van der Waals surface area contributed by atoms with Crippen molar-refractivity contribution in [3.05, 3.63) is 39.9 Å². The Hall–Kier alpha value is -0.400. The Morgan fingerprint density at radius 3 is 2.16 bits per heavy atom. The molecule has 0 radical (unpaired) electrons. The van der Waals surface area contributed by atoms with Crippen molar-refractivity contribution in [2.24, 2.45) is 0 Å². The first-order chi connectivity index (χ1) is 8.64. The third-order valence-electron chi connectivity index (χ3n) is 2.23. The Morgan fingerprint density at radius 2 is 1.79 bits per heavy atom. The molecule has 0 aromatic heterocycles. The van der Waals surface area contributed by atoms with Crippen molar-refractivity contribution in [1.82, 2.24) is 0 Å². The Balaban J connectivity index is 2.91. The fourth-order valence-electron chi connectivity index (χ4n) is 1.22. The van der Waals surface area contributed by atoms with Gasteiger partial charge in [-0.25, -0.2) is 0 Å². The standard InChI is InChI=1S/C10H7BrCl3NO4/c11-7(9(17)10(12,13)14)8(16)5-1-3-6(4-2-5)15(18)19/h1-4,7,9,17H. The van der Waals surface area contributed by atoms with Crippen molar-refractivity contribution in [1.29, 1.82) is 0 Å². The van der Waals surface area contributed by atoms with Crippen LogP contribution in [0.3, 0.4) is 0 Å². The highest BCUT2D eigenvalue weighted by atomic mass is 79.9. The third kappa shape index (κ3) is 4.29. The predicted molar refractivity (Wildman–Crippen MR) is 76.4 cm³/mol. The van der Waals surface area contributed by atoms with Crippen LogP contribution in [-0.4, -0.2) is 30.5 Å². The lowest BCUT2D eigenvalue weighted by Gasteiger charge is -2.22. The smallest absolute Gasteiger partial charge is 0.269 e. The third-order valence-corrected chi connectivity index (χ3v) is 3.81. The lowest BCUT2D eigenvalue weighted by Crippen LogP contribution is -2.38. The van der Waals surface area contributed by atoms with Crippen molar-refractivity contribution in [3.8, 4) is 0 Å². The molecule has 0 aliphatic carbocycles. The van der Waals surface area contributed by atoms with Crippen LogP contribution in [-0.2, 0) is 0 Å². The van der Waals surface area contributed by atoms with Gasteiger partial charge in [-0.2, -0.15) is 0 Å². The zero-order valence-electron chi connectivity index (χ0n) is 9.10. The molecule has 1 aromatic rings. The fourth-order valence-corrected chi connectivity index (χ4v) is 2.71. The van der Waals surface area contributed by atoms with Crippen LogP contribution in [0.1, 0.15) is 10.4 Å². The lowest BCUT2D eigenvalue weighted by molar-refractivity contribution is -0.384. The molecule has 1 N–H and O–H groups in total. The summed E-state index contributed by atoms with van der Waals surface area (Å²) >= 11 is 19.4. The summed E-state index contributed by atoms with van der Waals surface area (Å²) in [6.45, 7) is 0. The maximum atomic E-state index is 12.0. The summed E-state index contributed by atoms with van der Waals surface area (Å²) in [6, 6.07) is 4.88. The zero-order chi connectivity index (χ0) is 14.8. The molecule has 0 spiro atoms. The molecule has 5 nitrogen and oxygen atoms in total. The monoisotopic (exact) mass is 389 g/mol. The van der Waals surface area contributed by atoms with E-state index in [1.54, 1.807) is 0 Å². The Morgan fingerprint density at radius 1 is 1.32 bits per heavy atom. The van der Waals surface area contributed by atoms with Gasteiger partial charge < -0.3 is 5.11 Å². The maximum Gasteiger partial charge on any atom is 0.269 e. The van der Waals surface area contributed by atoms with Gasteiger partial charge in [-0.1, -0.05) is 50.7 Å². The van der Waals surface area contributed by atoms with Gasteiger partial charge in [-0.05, 0) is 12.1 Å². The van der Waals surface area contributed by atoms with Gasteiger partial charge in [0.15, 0.2) is 5.78 Å². The first-order valence-corrected chi connectivity index (χ1v) is 6.87. The molecule has 0 aliphatic rings. The number of benzene rings is 1. The summed E-state index contributed by atoms with van der Waals surface area (Å²) in [5.41, 5.74) is 0.00497. The molecule has 0 amide bonds. The van der Waals surface area contributed by atoms with Crippen LogP contribution in [0, 0.1) is 10.1 Å². The first kappa shape index (κ1) is 16.7. The molecule has 2 unspecified atom stereocenters. The number of aliphatic hydroxyl groups is 1. The molecule has 2 atom stereocenters. The van der Waals surface area contributed by atoms with Gasteiger partial charge in [0.2, 0.25) is 3.79 Å². The fraction of sp³-hybridized carbons (Fsp3) is 0.300. The quantitative estimate of drug-likeness (QED) is 0.370. The number of carbonyl (C=O) groups is 1. The molecule has 9 heteroatoms. The second-order valence-electron chi connectivity index (χ2n) is 3.56. The van der Waals surface area contributed by atoms with Crippen LogP contribution in [0.15, 0.2) is 24.3 Å². The second kappa shape index (κ2) is 6.37. The molecule has 0 bridgehead atoms. The number of carbonyl (C=O) groups excluding carboxylic acids is 1. The number of alkyl halides is 4. The number of rotatable bonds is 4. The number of hydrogen-bond donors (Lipinski definition) is 1. The van der Waals surface area contributed by atoms with E-state index in [0.29, 0.717) is 0 Å². The molecule has 0 heterocycles. The van der Waals surface area contributed by atoms with Gasteiger partial charge >= 0.3 is 0 Å². The summed E-state index contributed by atoms with van der Waals surface area (Å²) in [5.74, 6) is -0.547. The number of ketones is 1. The van der Waals surface area contributed by atoms with E-state index in [-0.39, 0.29) is 11.3 Å². The van der Waals surface area contributed by atoms with E-state index in [4.69, 9.17) is 34.8 Å². The summed E-state index contributed by atoms with van der Waals surface area (Å²) < 4.78 is -2.02. The Bertz CT molecular complexity index is 489.